The van der Waals surface area contributed by atoms with E-state index in [-0.39, 0.29) is 0 Å². The fourth-order valence-electron chi connectivity index (χ4n) is 2.16. The molecule has 0 aliphatic rings. The molecule has 0 amide bonds. The zero-order valence-electron chi connectivity index (χ0n) is 13.2. The SMILES string of the molecule is Cc1cc(N/N=C/c2cccnc2)nc(-n2nc(C)cc2C)n1. The third-order valence-corrected chi connectivity index (χ3v) is 3.12. The van der Waals surface area contributed by atoms with Gasteiger partial charge in [-0.05, 0) is 32.9 Å². The minimum absolute atomic E-state index is 0.523. The van der Waals surface area contributed by atoms with Crippen LogP contribution in [-0.4, -0.2) is 30.9 Å². The smallest absolute Gasteiger partial charge is 0.253 e. The molecule has 0 bridgehead atoms. The van der Waals surface area contributed by atoms with Crippen molar-refractivity contribution in [1.82, 2.24) is 24.7 Å². The number of anilines is 1. The van der Waals surface area contributed by atoms with Gasteiger partial charge >= 0.3 is 0 Å². The highest BCUT2D eigenvalue weighted by molar-refractivity contribution is 5.79. The van der Waals surface area contributed by atoms with Crippen molar-refractivity contribution in [1.29, 1.82) is 0 Å². The Morgan fingerprint density at radius 3 is 2.70 bits per heavy atom. The van der Waals surface area contributed by atoms with Crippen molar-refractivity contribution in [3.63, 3.8) is 0 Å². The average molecular weight is 307 g/mol. The van der Waals surface area contributed by atoms with Crippen molar-refractivity contribution in [3.8, 4) is 5.95 Å². The van der Waals surface area contributed by atoms with E-state index >= 15 is 0 Å². The second kappa shape index (κ2) is 6.35. The molecule has 0 aromatic carbocycles. The molecule has 0 fully saturated rings. The van der Waals surface area contributed by atoms with Crippen LogP contribution in [0, 0.1) is 20.8 Å². The monoisotopic (exact) mass is 307 g/mol. The molecule has 3 aromatic rings. The van der Waals surface area contributed by atoms with Crippen molar-refractivity contribution in [2.45, 2.75) is 20.8 Å². The van der Waals surface area contributed by atoms with Crippen molar-refractivity contribution in [2.24, 2.45) is 5.10 Å². The van der Waals surface area contributed by atoms with Crippen molar-refractivity contribution in [2.75, 3.05) is 5.43 Å². The van der Waals surface area contributed by atoms with E-state index in [2.05, 4.69) is 30.6 Å². The van der Waals surface area contributed by atoms with Crippen LogP contribution in [-0.2, 0) is 0 Å². The molecule has 0 saturated heterocycles. The second-order valence-electron chi connectivity index (χ2n) is 5.19. The molecule has 0 unspecified atom stereocenters. The molecule has 0 aliphatic heterocycles. The van der Waals surface area contributed by atoms with Gasteiger partial charge in [-0.2, -0.15) is 15.2 Å². The van der Waals surface area contributed by atoms with Crippen LogP contribution >= 0.6 is 0 Å². The fourth-order valence-corrected chi connectivity index (χ4v) is 2.16. The Labute approximate surface area is 134 Å². The predicted octanol–water partition coefficient (Wildman–Crippen LogP) is 2.43. The summed E-state index contributed by atoms with van der Waals surface area (Å²) in [7, 11) is 0. The number of rotatable bonds is 4. The van der Waals surface area contributed by atoms with Crippen LogP contribution in [0.5, 0.6) is 0 Å². The first kappa shape index (κ1) is 14.8. The summed E-state index contributed by atoms with van der Waals surface area (Å²) in [4.78, 5) is 12.9. The number of hydrogen-bond acceptors (Lipinski definition) is 6. The van der Waals surface area contributed by atoms with Gasteiger partial charge in [0.15, 0.2) is 5.82 Å². The lowest BCUT2D eigenvalue weighted by Crippen LogP contribution is -2.08. The highest BCUT2D eigenvalue weighted by atomic mass is 15.4. The summed E-state index contributed by atoms with van der Waals surface area (Å²) in [6.45, 7) is 5.82. The van der Waals surface area contributed by atoms with Gasteiger partial charge in [0, 0.05) is 35.4 Å². The molecule has 3 rings (SSSR count). The van der Waals surface area contributed by atoms with Crippen LogP contribution in [0.4, 0.5) is 5.82 Å². The standard InChI is InChI=1S/C16H17N7/c1-11-8-15(21-18-10-14-5-4-6-17-9-14)20-16(19-11)23-13(3)7-12(2)22-23/h4-10H,1-3H3,(H,19,20,21)/b18-10+. The zero-order chi connectivity index (χ0) is 16.2. The van der Waals surface area contributed by atoms with E-state index in [1.807, 2.05) is 45.0 Å². The summed E-state index contributed by atoms with van der Waals surface area (Å²) in [6.07, 6.45) is 5.14. The fraction of sp³-hybridized carbons (Fsp3) is 0.188. The maximum Gasteiger partial charge on any atom is 0.253 e. The molecule has 116 valence electrons. The van der Waals surface area contributed by atoms with E-state index in [1.54, 1.807) is 23.3 Å². The van der Waals surface area contributed by atoms with Crippen LogP contribution in [0.3, 0.4) is 0 Å². The van der Waals surface area contributed by atoms with Crippen LogP contribution in [0.1, 0.15) is 22.6 Å². The lowest BCUT2D eigenvalue weighted by Gasteiger charge is -2.06. The minimum atomic E-state index is 0.523. The van der Waals surface area contributed by atoms with E-state index < -0.39 is 0 Å². The molecule has 7 heteroatoms. The van der Waals surface area contributed by atoms with Gasteiger partial charge in [-0.3, -0.25) is 10.4 Å². The average Bonchev–Trinajstić information content (AvgIpc) is 2.86. The lowest BCUT2D eigenvalue weighted by molar-refractivity contribution is 0.769. The van der Waals surface area contributed by atoms with Gasteiger partial charge in [0.1, 0.15) is 0 Å². The Morgan fingerprint density at radius 2 is 2.00 bits per heavy atom. The maximum absolute atomic E-state index is 4.46. The number of hydrazone groups is 1. The molecular formula is C16H17N7. The van der Waals surface area contributed by atoms with Gasteiger partial charge in [-0.25, -0.2) is 9.67 Å². The first-order chi connectivity index (χ1) is 11.1. The molecule has 1 N–H and O–H groups in total. The number of hydrogen-bond donors (Lipinski definition) is 1. The van der Waals surface area contributed by atoms with Crippen molar-refractivity contribution in [3.05, 3.63) is 59.3 Å². The van der Waals surface area contributed by atoms with Crippen molar-refractivity contribution >= 4 is 12.0 Å². The van der Waals surface area contributed by atoms with Crippen LogP contribution in [0.25, 0.3) is 5.95 Å². The number of nitrogens with one attached hydrogen (secondary N) is 1. The minimum Gasteiger partial charge on any atom is -0.264 e. The second-order valence-corrected chi connectivity index (χ2v) is 5.19. The summed E-state index contributed by atoms with van der Waals surface area (Å²) in [5, 5.41) is 8.59. The molecule has 3 aromatic heterocycles. The molecule has 0 radical (unpaired) electrons. The zero-order valence-corrected chi connectivity index (χ0v) is 13.2. The molecule has 23 heavy (non-hydrogen) atoms. The Hall–Kier alpha value is -3.09. The summed E-state index contributed by atoms with van der Waals surface area (Å²) >= 11 is 0. The van der Waals surface area contributed by atoms with E-state index in [9.17, 15) is 0 Å². The summed E-state index contributed by atoms with van der Waals surface area (Å²) in [5.74, 6) is 1.13. The Kier molecular flexibility index (Phi) is 4.09. The molecular weight excluding hydrogens is 290 g/mol. The first-order valence-electron chi connectivity index (χ1n) is 7.20. The van der Waals surface area contributed by atoms with E-state index in [0.29, 0.717) is 11.8 Å². The number of nitrogens with zero attached hydrogens (tertiary/aromatic N) is 6. The number of aryl methyl sites for hydroxylation is 3. The van der Waals surface area contributed by atoms with Gasteiger partial charge in [0.2, 0.25) is 0 Å². The Balaban J connectivity index is 1.83. The van der Waals surface area contributed by atoms with Crippen LogP contribution in [0.2, 0.25) is 0 Å². The quantitative estimate of drug-likeness (QED) is 0.591. The maximum atomic E-state index is 4.46. The Morgan fingerprint density at radius 1 is 1.13 bits per heavy atom. The third-order valence-electron chi connectivity index (χ3n) is 3.12. The lowest BCUT2D eigenvalue weighted by atomic mass is 10.3. The van der Waals surface area contributed by atoms with Crippen LogP contribution in [0.15, 0.2) is 41.8 Å². The van der Waals surface area contributed by atoms with Crippen molar-refractivity contribution < 1.29 is 0 Å². The first-order valence-corrected chi connectivity index (χ1v) is 7.20. The summed E-state index contributed by atoms with van der Waals surface area (Å²) < 4.78 is 1.72. The van der Waals surface area contributed by atoms with Crippen LogP contribution < -0.4 is 5.43 Å². The molecule has 0 aliphatic carbocycles. The highest BCUT2D eigenvalue weighted by Crippen LogP contribution is 2.12. The molecule has 3 heterocycles. The largest absolute Gasteiger partial charge is 0.264 e. The topological polar surface area (TPSA) is 80.9 Å². The van der Waals surface area contributed by atoms with Gasteiger partial charge < -0.3 is 0 Å². The van der Waals surface area contributed by atoms with E-state index in [1.165, 1.54) is 0 Å². The van der Waals surface area contributed by atoms with E-state index in [0.717, 1.165) is 22.6 Å². The number of aromatic nitrogens is 5. The Bertz CT molecular complexity index is 837. The third kappa shape index (κ3) is 3.57. The highest BCUT2D eigenvalue weighted by Gasteiger charge is 2.08. The summed E-state index contributed by atoms with van der Waals surface area (Å²) in [6, 6.07) is 7.59. The molecule has 0 spiro atoms. The normalized spacial score (nSPS) is 11.1. The predicted molar refractivity (Wildman–Crippen MR) is 88.8 cm³/mol. The molecule has 7 nitrogen and oxygen atoms in total. The van der Waals surface area contributed by atoms with Gasteiger partial charge in [0.25, 0.3) is 5.95 Å². The molecule has 0 saturated carbocycles. The van der Waals surface area contributed by atoms with E-state index in [4.69, 9.17) is 0 Å². The summed E-state index contributed by atoms with van der Waals surface area (Å²) in [5.41, 5.74) is 6.57. The molecule has 0 atom stereocenters. The van der Waals surface area contributed by atoms with Gasteiger partial charge in [-0.15, -0.1) is 0 Å². The van der Waals surface area contributed by atoms with Gasteiger partial charge in [-0.1, -0.05) is 6.07 Å². The van der Waals surface area contributed by atoms with Gasteiger partial charge in [0.05, 0.1) is 11.9 Å². The number of pyridine rings is 1.